The Kier molecular flexibility index (Phi) is 4.81. The summed E-state index contributed by atoms with van der Waals surface area (Å²) in [5.41, 5.74) is 2.45. The molecular formula is C22H26N4O2. The average molecular weight is 378 g/mol. The third-order valence-electron chi connectivity index (χ3n) is 6.00. The van der Waals surface area contributed by atoms with Gasteiger partial charge in [0.1, 0.15) is 0 Å². The molecule has 3 amide bonds. The van der Waals surface area contributed by atoms with Crippen molar-refractivity contribution >= 4 is 29.0 Å². The van der Waals surface area contributed by atoms with Gasteiger partial charge in [0.15, 0.2) is 0 Å². The number of rotatable bonds is 1. The van der Waals surface area contributed by atoms with Crippen LogP contribution >= 0.6 is 0 Å². The van der Waals surface area contributed by atoms with Gasteiger partial charge in [0, 0.05) is 25.7 Å². The van der Waals surface area contributed by atoms with Crippen molar-refractivity contribution < 1.29 is 9.59 Å². The summed E-state index contributed by atoms with van der Waals surface area (Å²) in [6, 6.07) is 15.2. The first-order valence-electron chi connectivity index (χ1n) is 9.74. The van der Waals surface area contributed by atoms with Crippen LogP contribution in [0.3, 0.4) is 0 Å². The van der Waals surface area contributed by atoms with E-state index >= 15 is 0 Å². The van der Waals surface area contributed by atoms with Gasteiger partial charge in [-0.3, -0.25) is 9.69 Å². The number of carbonyl (C=O) groups is 2. The molecule has 0 aliphatic carbocycles. The van der Waals surface area contributed by atoms with Crippen molar-refractivity contribution in [2.75, 3.05) is 30.9 Å². The molecule has 4 rings (SSSR count). The lowest BCUT2D eigenvalue weighted by Crippen LogP contribution is -2.51. The fraction of sp³-hybridized carbons (Fsp3) is 0.364. The van der Waals surface area contributed by atoms with Crippen LogP contribution in [0.4, 0.5) is 21.9 Å². The molecule has 0 saturated carbocycles. The number of nitrogens with zero attached hydrogens (tertiary/aromatic N) is 3. The van der Waals surface area contributed by atoms with Crippen molar-refractivity contribution in [3.8, 4) is 0 Å². The van der Waals surface area contributed by atoms with E-state index in [1.54, 1.807) is 11.0 Å². The number of hydrogen-bond donors (Lipinski definition) is 1. The highest BCUT2D eigenvalue weighted by molar-refractivity contribution is 6.17. The summed E-state index contributed by atoms with van der Waals surface area (Å²) in [6.07, 6.45) is 1.88. The van der Waals surface area contributed by atoms with Gasteiger partial charge >= 0.3 is 6.03 Å². The number of hydrogen-bond acceptors (Lipinski definition) is 3. The Bertz CT molecular complexity index is 913. The zero-order valence-corrected chi connectivity index (χ0v) is 16.6. The van der Waals surface area contributed by atoms with Crippen LogP contribution in [0.15, 0.2) is 48.5 Å². The van der Waals surface area contributed by atoms with E-state index in [9.17, 15) is 9.59 Å². The van der Waals surface area contributed by atoms with E-state index in [0.29, 0.717) is 28.7 Å². The molecule has 1 saturated heterocycles. The second kappa shape index (κ2) is 7.28. The fourth-order valence-corrected chi connectivity index (χ4v) is 4.09. The van der Waals surface area contributed by atoms with E-state index in [1.807, 2.05) is 54.4 Å². The van der Waals surface area contributed by atoms with E-state index in [0.717, 1.165) is 19.4 Å². The highest BCUT2D eigenvalue weighted by Gasteiger charge is 2.34. The normalized spacial score (nSPS) is 22.0. The van der Waals surface area contributed by atoms with Crippen molar-refractivity contribution in [2.45, 2.75) is 31.8 Å². The Balaban J connectivity index is 1.75. The van der Waals surface area contributed by atoms with Gasteiger partial charge in [-0.2, -0.15) is 0 Å². The number of urea groups is 1. The van der Waals surface area contributed by atoms with Gasteiger partial charge in [-0.05, 0) is 51.1 Å². The monoisotopic (exact) mass is 378 g/mol. The zero-order chi connectivity index (χ0) is 19.8. The third-order valence-corrected chi connectivity index (χ3v) is 6.00. The van der Waals surface area contributed by atoms with Crippen molar-refractivity contribution in [3.63, 3.8) is 0 Å². The third kappa shape index (κ3) is 3.14. The molecular weight excluding hydrogens is 352 g/mol. The van der Waals surface area contributed by atoms with Gasteiger partial charge in [0.05, 0.1) is 22.6 Å². The Hall–Kier alpha value is -2.86. The maximum absolute atomic E-state index is 13.7. The first kappa shape index (κ1) is 18.5. The molecule has 0 spiro atoms. The molecule has 146 valence electrons. The molecule has 6 nitrogen and oxygen atoms in total. The highest BCUT2D eigenvalue weighted by Crippen LogP contribution is 2.38. The van der Waals surface area contributed by atoms with Crippen molar-refractivity contribution in [1.29, 1.82) is 0 Å². The lowest BCUT2D eigenvalue weighted by molar-refractivity contribution is 0.102. The summed E-state index contributed by atoms with van der Waals surface area (Å²) in [7, 11) is 4.00. The molecule has 2 aliphatic heterocycles. The summed E-state index contributed by atoms with van der Waals surface area (Å²) in [6.45, 7) is 3.17. The number of benzene rings is 2. The Labute approximate surface area is 165 Å². The molecule has 2 heterocycles. The van der Waals surface area contributed by atoms with Gasteiger partial charge in [-0.1, -0.05) is 24.3 Å². The molecule has 28 heavy (non-hydrogen) atoms. The maximum Gasteiger partial charge on any atom is 0.329 e. The SMILES string of the molecule is CC1CC(N(C)C(=O)N2c3ccccc3NC(=O)c3ccccc32)CCN1C. The lowest BCUT2D eigenvalue weighted by Gasteiger charge is -2.41. The molecule has 0 bridgehead atoms. The summed E-state index contributed by atoms with van der Waals surface area (Å²) >= 11 is 0. The molecule has 0 aromatic heterocycles. The molecule has 2 unspecified atom stereocenters. The number of piperidine rings is 1. The highest BCUT2D eigenvalue weighted by atomic mass is 16.2. The van der Waals surface area contributed by atoms with E-state index in [-0.39, 0.29) is 18.0 Å². The quantitative estimate of drug-likeness (QED) is 0.818. The maximum atomic E-state index is 13.7. The second-order valence-corrected chi connectivity index (χ2v) is 7.73. The molecule has 2 aromatic carbocycles. The van der Waals surface area contributed by atoms with Crippen LogP contribution in [0, 0.1) is 0 Å². The molecule has 6 heteroatoms. The Morgan fingerprint density at radius 3 is 2.54 bits per heavy atom. The van der Waals surface area contributed by atoms with Crippen LogP contribution in [0.25, 0.3) is 0 Å². The first-order valence-corrected chi connectivity index (χ1v) is 9.74. The Morgan fingerprint density at radius 1 is 1.11 bits per heavy atom. The minimum absolute atomic E-state index is 0.113. The number of amides is 3. The lowest BCUT2D eigenvalue weighted by atomic mass is 9.98. The number of para-hydroxylation sites is 3. The van der Waals surface area contributed by atoms with Crippen molar-refractivity contribution in [1.82, 2.24) is 9.80 Å². The molecule has 1 N–H and O–H groups in total. The predicted octanol–water partition coefficient (Wildman–Crippen LogP) is 3.92. The van der Waals surface area contributed by atoms with Crippen LogP contribution in [0.5, 0.6) is 0 Å². The van der Waals surface area contributed by atoms with E-state index < -0.39 is 0 Å². The average Bonchev–Trinajstić information content (AvgIpc) is 2.83. The number of carbonyl (C=O) groups excluding carboxylic acids is 2. The summed E-state index contributed by atoms with van der Waals surface area (Å²) < 4.78 is 0. The van der Waals surface area contributed by atoms with Gasteiger partial charge in [-0.15, -0.1) is 0 Å². The number of likely N-dealkylation sites (tertiary alicyclic amines) is 1. The van der Waals surface area contributed by atoms with Gasteiger partial charge < -0.3 is 15.1 Å². The van der Waals surface area contributed by atoms with Crippen molar-refractivity contribution in [2.24, 2.45) is 0 Å². The molecule has 2 aliphatic rings. The smallest absolute Gasteiger partial charge is 0.324 e. The van der Waals surface area contributed by atoms with Crippen LogP contribution in [0.2, 0.25) is 0 Å². The van der Waals surface area contributed by atoms with Crippen LogP contribution in [0.1, 0.15) is 30.1 Å². The van der Waals surface area contributed by atoms with Gasteiger partial charge in [0.2, 0.25) is 0 Å². The van der Waals surface area contributed by atoms with E-state index in [1.165, 1.54) is 0 Å². The number of nitrogens with one attached hydrogen (secondary N) is 1. The zero-order valence-electron chi connectivity index (χ0n) is 16.6. The van der Waals surface area contributed by atoms with Gasteiger partial charge in [0.25, 0.3) is 5.91 Å². The minimum Gasteiger partial charge on any atom is -0.324 e. The Morgan fingerprint density at radius 2 is 1.79 bits per heavy atom. The molecule has 1 fully saturated rings. The predicted molar refractivity (Wildman–Crippen MR) is 111 cm³/mol. The summed E-state index contributed by atoms with van der Waals surface area (Å²) in [5.74, 6) is -0.200. The molecule has 2 atom stereocenters. The summed E-state index contributed by atoms with van der Waals surface area (Å²) in [4.78, 5) is 32.2. The molecule has 2 aromatic rings. The van der Waals surface area contributed by atoms with Crippen LogP contribution in [-0.4, -0.2) is 54.5 Å². The van der Waals surface area contributed by atoms with Gasteiger partial charge in [-0.25, -0.2) is 4.79 Å². The number of fused-ring (bicyclic) bond motifs is 2. The van der Waals surface area contributed by atoms with E-state index in [2.05, 4.69) is 24.2 Å². The molecule has 0 radical (unpaired) electrons. The van der Waals surface area contributed by atoms with E-state index in [4.69, 9.17) is 0 Å². The largest absolute Gasteiger partial charge is 0.329 e. The minimum atomic E-state index is -0.200. The fourth-order valence-electron chi connectivity index (χ4n) is 4.09. The number of anilines is 3. The first-order chi connectivity index (χ1) is 13.5. The summed E-state index contributed by atoms with van der Waals surface area (Å²) in [5, 5.41) is 2.94. The van der Waals surface area contributed by atoms with Crippen molar-refractivity contribution in [3.05, 3.63) is 54.1 Å². The standard InChI is InChI=1S/C22H26N4O2/c1-15-14-16(12-13-24(15)2)25(3)22(28)26-19-10-6-4-8-17(19)21(27)23-18-9-5-7-11-20(18)26/h4-11,15-16H,12-14H2,1-3H3,(H,23,27). The topological polar surface area (TPSA) is 55.9 Å². The van der Waals surface area contributed by atoms with Crippen LogP contribution in [-0.2, 0) is 0 Å². The van der Waals surface area contributed by atoms with Crippen LogP contribution < -0.4 is 10.2 Å². The second-order valence-electron chi connectivity index (χ2n) is 7.73.